The Balaban J connectivity index is 3.10. The molecule has 12 N–H and O–H groups in total. The first-order valence-corrected chi connectivity index (χ1v) is 12.4. The van der Waals surface area contributed by atoms with Gasteiger partial charge in [-0.2, -0.15) is 0 Å². The maximum absolute atomic E-state index is 13.3. The number of carbonyl (C=O) groups is 5. The van der Waals surface area contributed by atoms with Gasteiger partial charge in [0.2, 0.25) is 17.7 Å². The number of guanidine groups is 1. The van der Waals surface area contributed by atoms with Crippen molar-refractivity contribution in [2.24, 2.45) is 28.1 Å². The molecule has 218 valence electrons. The van der Waals surface area contributed by atoms with Gasteiger partial charge in [0.15, 0.2) is 5.96 Å². The molecule has 0 aliphatic carbocycles. The lowest BCUT2D eigenvalue weighted by atomic mass is 10.0. The number of nitrogens with two attached hydrogens (primary N) is 3. The van der Waals surface area contributed by atoms with Gasteiger partial charge in [-0.25, -0.2) is 9.78 Å². The molecule has 4 atom stereocenters. The van der Waals surface area contributed by atoms with E-state index in [1.54, 1.807) is 0 Å². The Morgan fingerprint density at radius 1 is 0.974 bits per heavy atom. The number of carboxylic acid groups (broad SMARTS) is 2. The van der Waals surface area contributed by atoms with Crippen LogP contribution < -0.4 is 33.2 Å². The molecule has 0 spiro atoms. The normalized spacial score (nSPS) is 13.9. The van der Waals surface area contributed by atoms with Gasteiger partial charge in [-0.15, -0.1) is 0 Å². The number of aromatic nitrogens is 2. The van der Waals surface area contributed by atoms with Gasteiger partial charge in [-0.3, -0.25) is 24.2 Å². The van der Waals surface area contributed by atoms with E-state index in [1.165, 1.54) is 12.5 Å². The molecule has 16 nitrogen and oxygen atoms in total. The quantitative estimate of drug-likeness (QED) is 0.0533. The molecule has 1 aromatic heterocycles. The van der Waals surface area contributed by atoms with Gasteiger partial charge in [0.05, 0.1) is 12.4 Å². The van der Waals surface area contributed by atoms with Crippen LogP contribution in [0.3, 0.4) is 0 Å². The van der Waals surface area contributed by atoms with Crippen LogP contribution in [-0.4, -0.2) is 86.5 Å². The van der Waals surface area contributed by atoms with E-state index in [4.69, 9.17) is 22.3 Å². The zero-order valence-electron chi connectivity index (χ0n) is 22.1. The number of rotatable bonds is 18. The summed E-state index contributed by atoms with van der Waals surface area (Å²) in [5.41, 5.74) is 17.1. The molecule has 0 aliphatic rings. The smallest absolute Gasteiger partial charge is 0.326 e. The second-order valence-electron chi connectivity index (χ2n) is 9.42. The minimum atomic E-state index is -1.50. The first-order valence-electron chi connectivity index (χ1n) is 12.4. The topological polar surface area (TPSA) is 281 Å². The Kier molecular flexibility index (Phi) is 14.0. The molecule has 0 bridgehead atoms. The average molecular weight is 554 g/mol. The number of hydrogen-bond acceptors (Lipinski definition) is 8. The van der Waals surface area contributed by atoms with Gasteiger partial charge in [-0.05, 0) is 31.6 Å². The Labute approximate surface area is 225 Å². The zero-order valence-corrected chi connectivity index (χ0v) is 22.1. The highest BCUT2D eigenvalue weighted by molar-refractivity contribution is 5.94. The van der Waals surface area contributed by atoms with Gasteiger partial charge in [0, 0.05) is 31.3 Å². The van der Waals surface area contributed by atoms with E-state index in [-0.39, 0.29) is 44.1 Å². The molecule has 16 heteroatoms. The molecule has 0 aromatic carbocycles. The van der Waals surface area contributed by atoms with Crippen molar-refractivity contribution in [1.82, 2.24) is 25.9 Å². The van der Waals surface area contributed by atoms with Gasteiger partial charge < -0.3 is 48.3 Å². The first kappa shape index (κ1) is 32.8. The molecule has 0 saturated carbocycles. The highest BCUT2D eigenvalue weighted by Crippen LogP contribution is 2.07. The third-order valence-electron chi connectivity index (χ3n) is 5.51. The number of amides is 3. The number of nitrogens with zero attached hydrogens (tertiary/aromatic N) is 2. The predicted octanol–water partition coefficient (Wildman–Crippen LogP) is -2.22. The fourth-order valence-electron chi connectivity index (χ4n) is 3.56. The van der Waals surface area contributed by atoms with Crippen molar-refractivity contribution >= 4 is 35.6 Å². The van der Waals surface area contributed by atoms with Crippen LogP contribution >= 0.6 is 0 Å². The molecular weight excluding hydrogens is 514 g/mol. The second kappa shape index (κ2) is 16.6. The maximum atomic E-state index is 13.3. The fraction of sp³-hybridized carbons (Fsp3) is 0.609. The number of aromatic amines is 1. The molecule has 0 fully saturated rings. The summed E-state index contributed by atoms with van der Waals surface area (Å²) in [5.74, 6) is -4.84. The Hall–Kier alpha value is -4.21. The van der Waals surface area contributed by atoms with Crippen molar-refractivity contribution < 1.29 is 34.2 Å². The molecule has 1 rings (SSSR count). The number of carboxylic acids is 2. The molecule has 1 heterocycles. The molecule has 4 unspecified atom stereocenters. The number of nitrogens with one attached hydrogen (secondary N) is 4. The van der Waals surface area contributed by atoms with Crippen LogP contribution in [0.5, 0.6) is 0 Å². The summed E-state index contributed by atoms with van der Waals surface area (Å²) < 4.78 is 0. The molecule has 3 amide bonds. The SMILES string of the molecule is CC(C)CC(N)C(=O)NC(Cc1cnc[nH]1)C(=O)NC(CCCN=C(N)N)C(=O)NC(CCC(=O)O)C(=O)O. The van der Waals surface area contributed by atoms with Crippen LogP contribution in [0, 0.1) is 5.92 Å². The standard InChI is InChI=1S/C23H39N9O7/c1-12(2)8-14(24)19(35)32-17(9-13-10-27-11-29-13)21(37)30-15(4-3-7-28-23(25)26)20(36)31-16(22(38)39)5-6-18(33)34/h10-12,14-17H,3-9,24H2,1-2H3,(H,27,29)(H,30,37)(H,31,36)(H,32,35)(H,33,34)(H,38,39)(H4,25,26,28). The summed E-state index contributed by atoms with van der Waals surface area (Å²) in [7, 11) is 0. The summed E-state index contributed by atoms with van der Waals surface area (Å²) in [6.07, 6.45) is 2.65. The average Bonchev–Trinajstić information content (AvgIpc) is 3.35. The van der Waals surface area contributed by atoms with Gasteiger partial charge in [-0.1, -0.05) is 13.8 Å². The minimum Gasteiger partial charge on any atom is -0.481 e. The fourth-order valence-corrected chi connectivity index (χ4v) is 3.56. The van der Waals surface area contributed by atoms with Crippen LogP contribution in [0.25, 0.3) is 0 Å². The van der Waals surface area contributed by atoms with Gasteiger partial charge >= 0.3 is 11.9 Å². The molecule has 39 heavy (non-hydrogen) atoms. The van der Waals surface area contributed by atoms with Crippen molar-refractivity contribution in [1.29, 1.82) is 0 Å². The van der Waals surface area contributed by atoms with Crippen molar-refractivity contribution in [2.45, 2.75) is 76.5 Å². The summed E-state index contributed by atoms with van der Waals surface area (Å²) >= 11 is 0. The molecule has 1 aromatic rings. The summed E-state index contributed by atoms with van der Waals surface area (Å²) in [4.78, 5) is 72.0. The molecule has 0 aliphatic heterocycles. The Morgan fingerprint density at radius 2 is 1.59 bits per heavy atom. The van der Waals surface area contributed by atoms with E-state index in [0.717, 1.165) is 0 Å². The number of carbonyl (C=O) groups excluding carboxylic acids is 3. The van der Waals surface area contributed by atoms with Crippen LogP contribution in [0.2, 0.25) is 0 Å². The number of aliphatic carboxylic acids is 2. The third kappa shape index (κ3) is 13.2. The van der Waals surface area contributed by atoms with Crippen molar-refractivity contribution in [3.05, 3.63) is 18.2 Å². The maximum Gasteiger partial charge on any atom is 0.326 e. The molecular formula is C23H39N9O7. The van der Waals surface area contributed by atoms with Crippen LogP contribution in [-0.2, 0) is 30.4 Å². The number of hydrogen-bond donors (Lipinski definition) is 9. The lowest BCUT2D eigenvalue weighted by Gasteiger charge is -2.25. The minimum absolute atomic E-state index is 0.00464. The van der Waals surface area contributed by atoms with Crippen molar-refractivity contribution in [2.75, 3.05) is 6.54 Å². The lowest BCUT2D eigenvalue weighted by molar-refractivity contribution is -0.143. The Bertz CT molecular complexity index is 994. The monoisotopic (exact) mass is 553 g/mol. The number of aliphatic imine (C=N–C) groups is 1. The van der Waals surface area contributed by atoms with Crippen LogP contribution in [0.1, 0.15) is 51.6 Å². The van der Waals surface area contributed by atoms with E-state index >= 15 is 0 Å². The second-order valence-corrected chi connectivity index (χ2v) is 9.42. The van der Waals surface area contributed by atoms with E-state index in [2.05, 4.69) is 30.9 Å². The first-order chi connectivity index (χ1) is 18.3. The molecule has 0 saturated heterocycles. The van der Waals surface area contributed by atoms with Gasteiger partial charge in [0.25, 0.3) is 0 Å². The Morgan fingerprint density at radius 3 is 2.13 bits per heavy atom. The van der Waals surface area contributed by atoms with Crippen LogP contribution in [0.15, 0.2) is 17.5 Å². The summed E-state index contributed by atoms with van der Waals surface area (Å²) in [5, 5.41) is 25.7. The lowest BCUT2D eigenvalue weighted by Crippen LogP contribution is -2.57. The van der Waals surface area contributed by atoms with E-state index < -0.39 is 60.2 Å². The van der Waals surface area contributed by atoms with Crippen molar-refractivity contribution in [3.8, 4) is 0 Å². The zero-order chi connectivity index (χ0) is 29.5. The largest absolute Gasteiger partial charge is 0.481 e. The van der Waals surface area contributed by atoms with E-state index in [1.807, 2.05) is 13.8 Å². The summed E-state index contributed by atoms with van der Waals surface area (Å²) in [6.45, 7) is 3.92. The highest BCUT2D eigenvalue weighted by atomic mass is 16.4. The third-order valence-corrected chi connectivity index (χ3v) is 5.51. The van der Waals surface area contributed by atoms with Gasteiger partial charge in [0.1, 0.15) is 18.1 Å². The predicted molar refractivity (Wildman–Crippen MR) is 140 cm³/mol. The van der Waals surface area contributed by atoms with Crippen LogP contribution in [0.4, 0.5) is 0 Å². The number of H-pyrrole nitrogens is 1. The molecule has 0 radical (unpaired) electrons. The van der Waals surface area contributed by atoms with E-state index in [0.29, 0.717) is 12.1 Å². The summed E-state index contributed by atoms with van der Waals surface area (Å²) in [6, 6.07) is -4.76. The van der Waals surface area contributed by atoms with Crippen molar-refractivity contribution in [3.63, 3.8) is 0 Å². The van der Waals surface area contributed by atoms with E-state index in [9.17, 15) is 29.1 Å². The highest BCUT2D eigenvalue weighted by Gasteiger charge is 2.31. The number of imidazole rings is 1.